The van der Waals surface area contributed by atoms with Crippen molar-refractivity contribution in [1.82, 2.24) is 15.5 Å². The minimum Gasteiger partial charge on any atom is -0.367 e. The van der Waals surface area contributed by atoms with E-state index in [0.717, 1.165) is 28.2 Å². The molecule has 33 heavy (non-hydrogen) atoms. The van der Waals surface area contributed by atoms with Crippen LogP contribution < -0.4 is 15.5 Å². The highest BCUT2D eigenvalue weighted by atomic mass is 19.4. The van der Waals surface area contributed by atoms with Crippen molar-refractivity contribution in [3.05, 3.63) is 58.8 Å². The number of hydrogen-bond acceptors (Lipinski definition) is 5. The summed E-state index contributed by atoms with van der Waals surface area (Å²) < 4.78 is 54.2. The molecule has 9 heteroatoms. The second kappa shape index (κ2) is 9.13. The molecule has 0 amide bonds. The topological polar surface area (TPSA) is 53.1 Å². The Morgan fingerprint density at radius 1 is 1.12 bits per heavy atom. The minimum atomic E-state index is -4.42. The Balaban J connectivity index is 1.70. The third kappa shape index (κ3) is 4.88. The molecule has 1 aliphatic rings. The van der Waals surface area contributed by atoms with Crippen LogP contribution in [-0.2, 0) is 6.18 Å². The van der Waals surface area contributed by atoms with Gasteiger partial charge in [-0.1, -0.05) is 18.2 Å². The van der Waals surface area contributed by atoms with Crippen LogP contribution in [-0.4, -0.2) is 42.5 Å². The molecule has 3 aromatic rings. The summed E-state index contributed by atoms with van der Waals surface area (Å²) in [6, 6.07) is 9.58. The number of halogens is 4. The molecule has 0 saturated carbocycles. The zero-order chi connectivity index (χ0) is 23.8. The zero-order valence-corrected chi connectivity index (χ0v) is 18.8. The predicted octanol–water partition coefficient (Wildman–Crippen LogP) is 5.19. The van der Waals surface area contributed by atoms with Gasteiger partial charge < -0.3 is 15.5 Å². The normalized spacial score (nSPS) is 18.3. The van der Waals surface area contributed by atoms with E-state index < -0.39 is 24.0 Å². The molecule has 1 saturated heterocycles. The molecule has 4 rings (SSSR count). The summed E-state index contributed by atoms with van der Waals surface area (Å²) in [7, 11) is 0. The number of anilines is 2. The second-order valence-electron chi connectivity index (χ2n) is 8.49. The zero-order valence-electron chi connectivity index (χ0n) is 18.8. The van der Waals surface area contributed by atoms with Crippen molar-refractivity contribution in [2.75, 3.05) is 36.4 Å². The van der Waals surface area contributed by atoms with Gasteiger partial charge >= 0.3 is 6.18 Å². The smallest absolute Gasteiger partial charge is 0.367 e. The van der Waals surface area contributed by atoms with E-state index in [2.05, 4.69) is 20.8 Å². The van der Waals surface area contributed by atoms with Crippen molar-refractivity contribution in [1.29, 1.82) is 0 Å². The number of aromatic nitrogens is 2. The van der Waals surface area contributed by atoms with Gasteiger partial charge in [-0.2, -0.15) is 18.3 Å². The Bertz CT molecular complexity index is 1150. The van der Waals surface area contributed by atoms with E-state index in [0.29, 0.717) is 37.6 Å². The number of benzene rings is 2. The van der Waals surface area contributed by atoms with Crippen LogP contribution in [0.1, 0.15) is 35.3 Å². The molecule has 1 fully saturated rings. The van der Waals surface area contributed by atoms with Gasteiger partial charge in [0.1, 0.15) is 6.17 Å². The maximum Gasteiger partial charge on any atom is 0.416 e. The fourth-order valence-electron chi connectivity index (χ4n) is 4.39. The second-order valence-corrected chi connectivity index (χ2v) is 8.49. The van der Waals surface area contributed by atoms with E-state index in [9.17, 15) is 17.6 Å². The molecule has 0 bridgehead atoms. The quantitative estimate of drug-likeness (QED) is 0.524. The van der Waals surface area contributed by atoms with Crippen LogP contribution >= 0.6 is 0 Å². The Hall–Kier alpha value is -2.94. The van der Waals surface area contributed by atoms with Crippen LogP contribution in [0.25, 0.3) is 10.8 Å². The van der Waals surface area contributed by atoms with Gasteiger partial charge in [0, 0.05) is 36.1 Å². The molecule has 1 aromatic heterocycles. The SMILES string of the molecule is Cc1c([C@@H](C)Nc2nnc(C)c3ccc(N4CCNC[C@H](F)C4)cc23)cccc1C(F)(F)F. The van der Waals surface area contributed by atoms with Crippen molar-refractivity contribution >= 4 is 22.3 Å². The fourth-order valence-corrected chi connectivity index (χ4v) is 4.39. The van der Waals surface area contributed by atoms with Gasteiger partial charge in [0.25, 0.3) is 0 Å². The highest BCUT2D eigenvalue weighted by Crippen LogP contribution is 2.36. The van der Waals surface area contributed by atoms with Gasteiger partial charge in [0.2, 0.25) is 0 Å². The van der Waals surface area contributed by atoms with Crippen LogP contribution in [0.3, 0.4) is 0 Å². The van der Waals surface area contributed by atoms with Gasteiger partial charge in [-0.05, 0) is 50.1 Å². The van der Waals surface area contributed by atoms with Crippen LogP contribution in [0.2, 0.25) is 0 Å². The van der Waals surface area contributed by atoms with E-state index >= 15 is 0 Å². The lowest BCUT2D eigenvalue weighted by Gasteiger charge is -2.24. The van der Waals surface area contributed by atoms with E-state index in [-0.39, 0.29) is 5.56 Å². The lowest BCUT2D eigenvalue weighted by molar-refractivity contribution is -0.138. The maximum absolute atomic E-state index is 14.1. The molecule has 5 nitrogen and oxygen atoms in total. The Kier molecular flexibility index (Phi) is 6.43. The maximum atomic E-state index is 14.1. The summed E-state index contributed by atoms with van der Waals surface area (Å²) >= 11 is 0. The minimum absolute atomic E-state index is 0.182. The van der Waals surface area contributed by atoms with E-state index in [4.69, 9.17) is 0 Å². The van der Waals surface area contributed by atoms with Crippen molar-refractivity contribution < 1.29 is 17.6 Å². The lowest BCUT2D eigenvalue weighted by Crippen LogP contribution is -2.30. The van der Waals surface area contributed by atoms with Gasteiger partial charge in [-0.15, -0.1) is 5.10 Å². The highest BCUT2D eigenvalue weighted by Gasteiger charge is 2.33. The first-order valence-electron chi connectivity index (χ1n) is 10.9. The van der Waals surface area contributed by atoms with Crippen LogP contribution in [0.15, 0.2) is 36.4 Å². The molecular formula is C24H27F4N5. The van der Waals surface area contributed by atoms with Crippen LogP contribution in [0.4, 0.5) is 29.1 Å². The molecule has 2 atom stereocenters. The molecule has 2 heterocycles. The molecule has 0 radical (unpaired) electrons. The molecular weight excluding hydrogens is 434 g/mol. The number of hydrogen-bond donors (Lipinski definition) is 2. The van der Waals surface area contributed by atoms with Crippen molar-refractivity contribution in [2.24, 2.45) is 0 Å². The Labute approximate surface area is 190 Å². The molecule has 2 N–H and O–H groups in total. The first kappa shape index (κ1) is 23.2. The Morgan fingerprint density at radius 3 is 2.67 bits per heavy atom. The summed E-state index contributed by atoms with van der Waals surface area (Å²) in [5, 5.41) is 16.6. The lowest BCUT2D eigenvalue weighted by atomic mass is 9.97. The predicted molar refractivity (Wildman–Crippen MR) is 122 cm³/mol. The van der Waals surface area contributed by atoms with Crippen molar-refractivity contribution in [3.8, 4) is 0 Å². The van der Waals surface area contributed by atoms with Crippen molar-refractivity contribution in [2.45, 2.75) is 39.2 Å². The first-order valence-corrected chi connectivity index (χ1v) is 10.9. The monoisotopic (exact) mass is 461 g/mol. The fraction of sp³-hybridized carbons (Fsp3) is 0.417. The summed E-state index contributed by atoms with van der Waals surface area (Å²) in [5.41, 5.74) is 1.68. The number of nitrogens with zero attached hydrogens (tertiary/aromatic N) is 3. The summed E-state index contributed by atoms with van der Waals surface area (Å²) in [5.74, 6) is 0.478. The average Bonchev–Trinajstić information content (AvgIpc) is 2.99. The van der Waals surface area contributed by atoms with Crippen LogP contribution in [0, 0.1) is 13.8 Å². The van der Waals surface area contributed by atoms with Gasteiger partial charge in [0.05, 0.1) is 23.8 Å². The van der Waals surface area contributed by atoms with Crippen LogP contribution in [0.5, 0.6) is 0 Å². The summed E-state index contributed by atoms with van der Waals surface area (Å²) in [6.07, 6.45) is -5.39. The van der Waals surface area contributed by atoms with E-state index in [1.807, 2.05) is 30.0 Å². The molecule has 176 valence electrons. The summed E-state index contributed by atoms with van der Waals surface area (Å²) in [4.78, 5) is 1.99. The molecule has 2 aromatic carbocycles. The molecule has 1 aliphatic heterocycles. The largest absolute Gasteiger partial charge is 0.416 e. The number of alkyl halides is 4. The van der Waals surface area contributed by atoms with Gasteiger partial charge in [-0.25, -0.2) is 4.39 Å². The number of rotatable bonds is 4. The van der Waals surface area contributed by atoms with Crippen molar-refractivity contribution in [3.63, 3.8) is 0 Å². The highest BCUT2D eigenvalue weighted by molar-refractivity contribution is 5.95. The summed E-state index contributed by atoms with van der Waals surface area (Å²) in [6.45, 7) is 7.11. The molecule has 0 aliphatic carbocycles. The standard InChI is InChI=1S/C24H27F4N5/c1-14-19(5-4-6-22(14)24(26,27)28)15(2)30-23-21-11-18(7-8-20(21)16(3)31-32-23)33-10-9-29-12-17(25)13-33/h4-8,11,15,17,29H,9-10,12-13H2,1-3H3,(H,30,32)/t15-,17+/m1/s1. The Morgan fingerprint density at radius 2 is 1.91 bits per heavy atom. The first-order chi connectivity index (χ1) is 15.6. The third-order valence-corrected chi connectivity index (χ3v) is 6.16. The number of nitrogens with one attached hydrogen (secondary N) is 2. The number of aryl methyl sites for hydroxylation is 1. The molecule has 0 unspecified atom stereocenters. The third-order valence-electron chi connectivity index (χ3n) is 6.16. The number of fused-ring (bicyclic) bond motifs is 1. The van der Waals surface area contributed by atoms with E-state index in [1.165, 1.54) is 13.0 Å². The molecule has 0 spiro atoms. The average molecular weight is 462 g/mol. The van der Waals surface area contributed by atoms with E-state index in [1.54, 1.807) is 13.0 Å². The van der Waals surface area contributed by atoms with Gasteiger partial charge in [-0.3, -0.25) is 0 Å². The van der Waals surface area contributed by atoms with Gasteiger partial charge in [0.15, 0.2) is 5.82 Å².